The lowest BCUT2D eigenvalue weighted by Crippen LogP contribution is -2.15. The predicted molar refractivity (Wildman–Crippen MR) is 114 cm³/mol. The molecular formula is C22H20ClN3O2. The number of carbonyl (C=O) groups is 2. The maximum Gasteiger partial charge on any atom is 0.255 e. The normalized spacial score (nSPS) is 10.3. The third-order valence-corrected chi connectivity index (χ3v) is 4.40. The van der Waals surface area contributed by atoms with E-state index in [2.05, 4.69) is 10.6 Å². The number of rotatable bonds is 6. The standard InChI is InChI=1S/C22H20ClN3O2/c23-17-7-4-9-19(14-17)26-22(28)16-6-3-8-18(13-16)25-21(27)12-11-15-5-1-2-10-20(15)24/h1-10,13-14H,11-12,24H2,(H,25,27)(H,26,28). The number of benzene rings is 3. The first-order valence-electron chi connectivity index (χ1n) is 8.81. The predicted octanol–water partition coefficient (Wildman–Crippen LogP) is 4.75. The van der Waals surface area contributed by atoms with Crippen molar-refractivity contribution in [2.75, 3.05) is 16.4 Å². The van der Waals surface area contributed by atoms with Gasteiger partial charge in [-0.15, -0.1) is 0 Å². The van der Waals surface area contributed by atoms with Crippen molar-refractivity contribution >= 4 is 40.5 Å². The highest BCUT2D eigenvalue weighted by atomic mass is 35.5. The number of para-hydroxylation sites is 1. The summed E-state index contributed by atoms with van der Waals surface area (Å²) in [5.74, 6) is -0.425. The molecule has 0 saturated heterocycles. The zero-order valence-electron chi connectivity index (χ0n) is 15.1. The second-order valence-corrected chi connectivity index (χ2v) is 6.73. The van der Waals surface area contributed by atoms with Gasteiger partial charge < -0.3 is 16.4 Å². The molecule has 0 aromatic heterocycles. The van der Waals surface area contributed by atoms with Crippen LogP contribution in [-0.4, -0.2) is 11.8 Å². The summed E-state index contributed by atoms with van der Waals surface area (Å²) in [4.78, 5) is 24.7. The summed E-state index contributed by atoms with van der Waals surface area (Å²) < 4.78 is 0. The van der Waals surface area contributed by atoms with Gasteiger partial charge in [0, 0.05) is 34.1 Å². The Hall–Kier alpha value is -3.31. The van der Waals surface area contributed by atoms with E-state index in [1.165, 1.54) is 0 Å². The van der Waals surface area contributed by atoms with Crippen molar-refractivity contribution in [2.24, 2.45) is 0 Å². The van der Waals surface area contributed by atoms with E-state index in [1.54, 1.807) is 48.5 Å². The van der Waals surface area contributed by atoms with E-state index in [1.807, 2.05) is 24.3 Å². The van der Waals surface area contributed by atoms with Gasteiger partial charge in [0.1, 0.15) is 0 Å². The molecule has 0 bridgehead atoms. The number of aryl methyl sites for hydroxylation is 1. The molecule has 6 heteroatoms. The van der Waals surface area contributed by atoms with Gasteiger partial charge in [0.05, 0.1) is 0 Å². The maximum atomic E-state index is 12.4. The number of anilines is 3. The van der Waals surface area contributed by atoms with Crippen LogP contribution in [0.4, 0.5) is 17.1 Å². The van der Waals surface area contributed by atoms with Crippen molar-refractivity contribution in [1.29, 1.82) is 0 Å². The summed E-state index contributed by atoms with van der Waals surface area (Å²) in [5.41, 5.74) is 9.11. The van der Waals surface area contributed by atoms with Crippen LogP contribution in [0.1, 0.15) is 22.3 Å². The Morgan fingerprint density at radius 3 is 2.32 bits per heavy atom. The molecule has 0 radical (unpaired) electrons. The van der Waals surface area contributed by atoms with Gasteiger partial charge in [-0.3, -0.25) is 9.59 Å². The summed E-state index contributed by atoms with van der Waals surface area (Å²) in [5, 5.41) is 6.14. The summed E-state index contributed by atoms with van der Waals surface area (Å²) in [7, 11) is 0. The maximum absolute atomic E-state index is 12.4. The van der Waals surface area contributed by atoms with Gasteiger partial charge in [0.25, 0.3) is 5.91 Å². The van der Waals surface area contributed by atoms with Gasteiger partial charge in [-0.25, -0.2) is 0 Å². The molecule has 0 spiro atoms. The third-order valence-electron chi connectivity index (χ3n) is 4.17. The first kappa shape index (κ1) is 19.5. The molecule has 0 aliphatic heterocycles. The van der Waals surface area contributed by atoms with Crippen molar-refractivity contribution in [3.8, 4) is 0 Å². The second-order valence-electron chi connectivity index (χ2n) is 6.29. The molecule has 142 valence electrons. The molecule has 3 rings (SSSR count). The van der Waals surface area contributed by atoms with Crippen molar-refractivity contribution in [3.05, 3.63) is 88.9 Å². The van der Waals surface area contributed by atoms with Crippen molar-refractivity contribution < 1.29 is 9.59 Å². The van der Waals surface area contributed by atoms with E-state index in [9.17, 15) is 9.59 Å². The van der Waals surface area contributed by atoms with Crippen LogP contribution in [0.3, 0.4) is 0 Å². The molecular weight excluding hydrogens is 374 g/mol. The van der Waals surface area contributed by atoms with Crippen LogP contribution in [0.5, 0.6) is 0 Å². The van der Waals surface area contributed by atoms with Crippen molar-refractivity contribution in [3.63, 3.8) is 0 Å². The van der Waals surface area contributed by atoms with E-state index in [0.29, 0.717) is 40.5 Å². The Labute approximate surface area is 168 Å². The Bertz CT molecular complexity index is 1000. The SMILES string of the molecule is Nc1ccccc1CCC(=O)Nc1cccc(C(=O)Nc2cccc(Cl)c2)c1. The van der Waals surface area contributed by atoms with Gasteiger partial charge in [-0.2, -0.15) is 0 Å². The summed E-state index contributed by atoms with van der Waals surface area (Å²) in [6.07, 6.45) is 0.848. The fourth-order valence-electron chi connectivity index (χ4n) is 2.74. The molecule has 2 amide bonds. The monoisotopic (exact) mass is 393 g/mol. The molecule has 0 atom stereocenters. The van der Waals surface area contributed by atoms with Gasteiger partial charge in [-0.1, -0.05) is 41.9 Å². The highest BCUT2D eigenvalue weighted by Gasteiger charge is 2.09. The van der Waals surface area contributed by atoms with Crippen LogP contribution in [0.2, 0.25) is 5.02 Å². The number of hydrogen-bond acceptors (Lipinski definition) is 3. The molecule has 0 saturated carbocycles. The number of carbonyl (C=O) groups excluding carboxylic acids is 2. The van der Waals surface area contributed by atoms with E-state index < -0.39 is 0 Å². The largest absolute Gasteiger partial charge is 0.399 e. The van der Waals surface area contributed by atoms with E-state index in [0.717, 1.165) is 5.56 Å². The molecule has 3 aromatic carbocycles. The van der Waals surface area contributed by atoms with Crippen LogP contribution < -0.4 is 16.4 Å². The first-order valence-corrected chi connectivity index (χ1v) is 9.19. The summed E-state index contributed by atoms with van der Waals surface area (Å²) in [6.45, 7) is 0. The fourth-order valence-corrected chi connectivity index (χ4v) is 2.93. The highest BCUT2D eigenvalue weighted by Crippen LogP contribution is 2.18. The number of nitrogens with two attached hydrogens (primary N) is 1. The fraction of sp³-hybridized carbons (Fsp3) is 0.0909. The van der Waals surface area contributed by atoms with E-state index >= 15 is 0 Å². The van der Waals surface area contributed by atoms with Gasteiger partial charge in [0.15, 0.2) is 0 Å². The second kappa shape index (κ2) is 9.06. The molecule has 0 aliphatic rings. The van der Waals surface area contributed by atoms with Gasteiger partial charge in [0.2, 0.25) is 5.91 Å². The summed E-state index contributed by atoms with van der Waals surface area (Å²) in [6, 6.07) is 21.2. The minimum absolute atomic E-state index is 0.143. The van der Waals surface area contributed by atoms with Crippen LogP contribution in [-0.2, 0) is 11.2 Å². The molecule has 28 heavy (non-hydrogen) atoms. The number of halogens is 1. The Kier molecular flexibility index (Phi) is 6.29. The Balaban J connectivity index is 1.60. The lowest BCUT2D eigenvalue weighted by molar-refractivity contribution is -0.116. The van der Waals surface area contributed by atoms with Gasteiger partial charge in [-0.05, 0) is 54.4 Å². The zero-order chi connectivity index (χ0) is 19.9. The Morgan fingerprint density at radius 1 is 0.857 bits per heavy atom. The Morgan fingerprint density at radius 2 is 1.57 bits per heavy atom. The smallest absolute Gasteiger partial charge is 0.255 e. The minimum atomic E-state index is -0.282. The highest BCUT2D eigenvalue weighted by molar-refractivity contribution is 6.31. The minimum Gasteiger partial charge on any atom is -0.399 e. The number of hydrogen-bond donors (Lipinski definition) is 3. The van der Waals surface area contributed by atoms with E-state index in [4.69, 9.17) is 17.3 Å². The van der Waals surface area contributed by atoms with Gasteiger partial charge >= 0.3 is 0 Å². The average molecular weight is 394 g/mol. The lowest BCUT2D eigenvalue weighted by atomic mass is 10.1. The third kappa shape index (κ3) is 5.34. The lowest BCUT2D eigenvalue weighted by Gasteiger charge is -2.09. The van der Waals surface area contributed by atoms with Crippen LogP contribution in [0.15, 0.2) is 72.8 Å². The summed E-state index contributed by atoms with van der Waals surface area (Å²) >= 11 is 5.93. The quantitative estimate of drug-likeness (QED) is 0.528. The zero-order valence-corrected chi connectivity index (χ0v) is 15.9. The molecule has 5 nitrogen and oxygen atoms in total. The van der Waals surface area contributed by atoms with Crippen LogP contribution in [0.25, 0.3) is 0 Å². The molecule has 0 unspecified atom stereocenters. The molecule has 0 aliphatic carbocycles. The van der Waals surface area contributed by atoms with Crippen molar-refractivity contribution in [2.45, 2.75) is 12.8 Å². The van der Waals surface area contributed by atoms with Crippen LogP contribution in [0, 0.1) is 0 Å². The number of amides is 2. The first-order chi connectivity index (χ1) is 13.5. The van der Waals surface area contributed by atoms with Crippen LogP contribution >= 0.6 is 11.6 Å². The number of nitrogen functional groups attached to an aromatic ring is 1. The van der Waals surface area contributed by atoms with Crippen molar-refractivity contribution in [1.82, 2.24) is 0 Å². The topological polar surface area (TPSA) is 84.2 Å². The molecule has 0 fully saturated rings. The molecule has 0 heterocycles. The average Bonchev–Trinajstić information content (AvgIpc) is 2.67. The molecule has 4 N–H and O–H groups in total. The molecule has 3 aromatic rings. The number of nitrogens with one attached hydrogen (secondary N) is 2. The van der Waals surface area contributed by atoms with E-state index in [-0.39, 0.29) is 11.8 Å².